The second kappa shape index (κ2) is 8.92. The Morgan fingerprint density at radius 2 is 1.62 bits per heavy atom. The molecule has 0 bridgehead atoms. The summed E-state index contributed by atoms with van der Waals surface area (Å²) in [4.78, 5) is 20.6. The van der Waals surface area contributed by atoms with Crippen molar-refractivity contribution in [2.75, 3.05) is 32.0 Å². The van der Waals surface area contributed by atoms with Crippen LogP contribution in [0.2, 0.25) is 0 Å². The number of anilines is 4. The highest BCUT2D eigenvalue weighted by molar-refractivity contribution is 5.90. The summed E-state index contributed by atoms with van der Waals surface area (Å²) in [6, 6.07) is 14.3. The Labute approximate surface area is 168 Å². The second-order valence-corrected chi connectivity index (χ2v) is 6.11. The Balaban J connectivity index is 1.83. The Morgan fingerprint density at radius 3 is 2.34 bits per heavy atom. The quantitative estimate of drug-likeness (QED) is 0.579. The highest BCUT2D eigenvalue weighted by Crippen LogP contribution is 2.31. The van der Waals surface area contributed by atoms with Gasteiger partial charge in [-0.1, -0.05) is 6.07 Å². The summed E-state index contributed by atoms with van der Waals surface area (Å²) >= 11 is 0. The molecule has 2 aromatic carbocycles. The molecule has 29 heavy (non-hydrogen) atoms. The summed E-state index contributed by atoms with van der Waals surface area (Å²) in [6.45, 7) is 1.87. The van der Waals surface area contributed by atoms with E-state index < -0.39 is 5.97 Å². The third kappa shape index (κ3) is 4.92. The highest BCUT2D eigenvalue weighted by Gasteiger charge is 2.09. The fourth-order valence-electron chi connectivity index (χ4n) is 2.72. The van der Waals surface area contributed by atoms with Gasteiger partial charge in [0.1, 0.15) is 5.82 Å². The molecule has 0 atom stereocenters. The van der Waals surface area contributed by atoms with Gasteiger partial charge in [-0.15, -0.1) is 0 Å². The number of carbonyl (C=O) groups is 1. The van der Waals surface area contributed by atoms with E-state index in [-0.39, 0.29) is 0 Å². The van der Waals surface area contributed by atoms with Crippen LogP contribution in [0.5, 0.6) is 11.5 Å². The van der Waals surface area contributed by atoms with Crippen LogP contribution in [0.1, 0.15) is 16.1 Å². The average Bonchev–Trinajstić information content (AvgIpc) is 2.72. The monoisotopic (exact) mass is 394 g/mol. The lowest BCUT2D eigenvalue weighted by Gasteiger charge is -2.12. The van der Waals surface area contributed by atoms with Crippen molar-refractivity contribution in [2.24, 2.45) is 0 Å². The number of hydrogen-bond donors (Lipinski definition) is 2. The lowest BCUT2D eigenvalue weighted by molar-refractivity contribution is 0.0601. The minimum Gasteiger partial charge on any atom is -0.493 e. The molecule has 0 saturated heterocycles. The first kappa shape index (κ1) is 19.9. The summed E-state index contributed by atoms with van der Waals surface area (Å²) in [5.41, 5.74) is 2.69. The van der Waals surface area contributed by atoms with Crippen molar-refractivity contribution in [3.63, 3.8) is 0 Å². The fourth-order valence-corrected chi connectivity index (χ4v) is 2.72. The van der Waals surface area contributed by atoms with Gasteiger partial charge in [0.05, 0.1) is 26.9 Å². The second-order valence-electron chi connectivity index (χ2n) is 6.11. The number of aromatic nitrogens is 2. The summed E-state index contributed by atoms with van der Waals surface area (Å²) in [5, 5.41) is 6.35. The highest BCUT2D eigenvalue weighted by atomic mass is 16.5. The predicted octanol–water partition coefficient (Wildman–Crippen LogP) is 4.08. The number of ether oxygens (including phenoxy) is 3. The van der Waals surface area contributed by atoms with E-state index in [1.165, 1.54) is 7.11 Å². The maximum Gasteiger partial charge on any atom is 0.337 e. The number of nitrogens with one attached hydrogen (secondary N) is 2. The molecule has 1 heterocycles. The van der Waals surface area contributed by atoms with Crippen LogP contribution in [0, 0.1) is 6.92 Å². The van der Waals surface area contributed by atoms with Gasteiger partial charge >= 0.3 is 5.97 Å². The number of rotatable bonds is 7. The summed E-state index contributed by atoms with van der Waals surface area (Å²) in [5.74, 6) is 1.84. The van der Waals surface area contributed by atoms with Crippen molar-refractivity contribution in [2.45, 2.75) is 6.92 Å². The Bertz CT molecular complexity index is 1020. The molecule has 2 N–H and O–H groups in total. The van der Waals surface area contributed by atoms with Gasteiger partial charge in [-0.3, -0.25) is 0 Å². The van der Waals surface area contributed by atoms with E-state index in [9.17, 15) is 4.79 Å². The molecular formula is C21H22N4O4. The first-order valence-electron chi connectivity index (χ1n) is 8.82. The van der Waals surface area contributed by atoms with Gasteiger partial charge in [-0.05, 0) is 37.3 Å². The third-order valence-electron chi connectivity index (χ3n) is 4.05. The van der Waals surface area contributed by atoms with Gasteiger partial charge in [0.2, 0.25) is 5.95 Å². The zero-order valence-electron chi connectivity index (χ0n) is 16.6. The lowest BCUT2D eigenvalue weighted by atomic mass is 10.2. The molecule has 0 aliphatic carbocycles. The van der Waals surface area contributed by atoms with E-state index in [0.717, 1.165) is 11.4 Å². The molecule has 1 aromatic heterocycles. The normalized spacial score (nSPS) is 10.2. The third-order valence-corrected chi connectivity index (χ3v) is 4.05. The molecule has 0 saturated carbocycles. The van der Waals surface area contributed by atoms with Crippen LogP contribution in [-0.2, 0) is 4.74 Å². The Morgan fingerprint density at radius 1 is 0.862 bits per heavy atom. The van der Waals surface area contributed by atoms with Crippen LogP contribution in [0.4, 0.5) is 23.1 Å². The molecule has 0 aliphatic rings. The van der Waals surface area contributed by atoms with E-state index >= 15 is 0 Å². The maximum absolute atomic E-state index is 11.7. The smallest absolute Gasteiger partial charge is 0.337 e. The van der Waals surface area contributed by atoms with E-state index in [0.29, 0.717) is 34.5 Å². The minimum absolute atomic E-state index is 0.400. The molecule has 0 unspecified atom stereocenters. The zero-order valence-corrected chi connectivity index (χ0v) is 16.6. The lowest BCUT2D eigenvalue weighted by Crippen LogP contribution is -2.04. The summed E-state index contributed by atoms with van der Waals surface area (Å²) < 4.78 is 15.3. The average molecular weight is 394 g/mol. The Hall–Kier alpha value is -3.81. The van der Waals surface area contributed by atoms with Crippen molar-refractivity contribution in [1.29, 1.82) is 0 Å². The summed E-state index contributed by atoms with van der Waals surface area (Å²) in [7, 11) is 4.51. The van der Waals surface area contributed by atoms with Crippen LogP contribution in [0.25, 0.3) is 0 Å². The van der Waals surface area contributed by atoms with Crippen molar-refractivity contribution < 1.29 is 19.0 Å². The molecule has 8 nitrogen and oxygen atoms in total. The fraction of sp³-hybridized carbons (Fsp3) is 0.190. The molecule has 150 valence electrons. The predicted molar refractivity (Wildman–Crippen MR) is 111 cm³/mol. The molecule has 0 aliphatic heterocycles. The van der Waals surface area contributed by atoms with Gasteiger partial charge in [0.15, 0.2) is 11.5 Å². The number of benzene rings is 2. The van der Waals surface area contributed by atoms with Gasteiger partial charge in [0.25, 0.3) is 0 Å². The molecule has 0 spiro atoms. The molecule has 0 fully saturated rings. The first-order chi connectivity index (χ1) is 14.0. The largest absolute Gasteiger partial charge is 0.493 e. The first-order valence-corrected chi connectivity index (χ1v) is 8.82. The van der Waals surface area contributed by atoms with Crippen LogP contribution in [0.3, 0.4) is 0 Å². The maximum atomic E-state index is 11.7. The SMILES string of the molecule is COC(=O)c1cccc(Nc2cc(C)nc(Nc3ccc(OC)c(OC)c3)n2)c1. The molecule has 0 amide bonds. The number of hydrogen-bond acceptors (Lipinski definition) is 8. The Kier molecular flexibility index (Phi) is 6.13. The molecular weight excluding hydrogens is 372 g/mol. The number of methoxy groups -OCH3 is 3. The number of esters is 1. The van der Waals surface area contributed by atoms with Crippen LogP contribution < -0.4 is 20.1 Å². The number of aryl methyl sites for hydroxylation is 1. The van der Waals surface area contributed by atoms with Gasteiger partial charge in [-0.2, -0.15) is 4.98 Å². The molecule has 3 rings (SSSR count). The van der Waals surface area contributed by atoms with Crippen molar-refractivity contribution in [3.05, 3.63) is 59.8 Å². The zero-order chi connectivity index (χ0) is 20.8. The molecule has 0 radical (unpaired) electrons. The van der Waals surface area contributed by atoms with E-state index in [4.69, 9.17) is 14.2 Å². The van der Waals surface area contributed by atoms with Crippen LogP contribution in [0.15, 0.2) is 48.5 Å². The molecule has 3 aromatic rings. The van der Waals surface area contributed by atoms with Crippen molar-refractivity contribution in [3.8, 4) is 11.5 Å². The topological polar surface area (TPSA) is 94.6 Å². The van der Waals surface area contributed by atoms with Gasteiger partial charge in [-0.25, -0.2) is 9.78 Å². The molecule has 8 heteroatoms. The van der Waals surface area contributed by atoms with Crippen molar-refractivity contribution >= 4 is 29.1 Å². The standard InChI is InChI=1S/C21H22N4O4/c1-13-10-19(23-15-7-5-6-14(11-15)20(26)29-4)25-21(22-13)24-16-8-9-17(27-2)18(12-16)28-3/h5-12H,1-4H3,(H2,22,23,24,25). The number of carbonyl (C=O) groups excluding carboxylic acids is 1. The van der Waals surface area contributed by atoms with E-state index in [2.05, 4.69) is 20.6 Å². The van der Waals surface area contributed by atoms with Gasteiger partial charge in [0, 0.05) is 29.2 Å². The van der Waals surface area contributed by atoms with Crippen LogP contribution in [-0.4, -0.2) is 37.3 Å². The number of nitrogens with zero attached hydrogens (tertiary/aromatic N) is 2. The van der Waals surface area contributed by atoms with Crippen LogP contribution >= 0.6 is 0 Å². The van der Waals surface area contributed by atoms with Gasteiger partial charge < -0.3 is 24.8 Å². The van der Waals surface area contributed by atoms with Crippen molar-refractivity contribution in [1.82, 2.24) is 9.97 Å². The summed E-state index contributed by atoms with van der Waals surface area (Å²) in [6.07, 6.45) is 0. The minimum atomic E-state index is -0.400. The van der Waals surface area contributed by atoms with E-state index in [1.807, 2.05) is 25.1 Å². The van der Waals surface area contributed by atoms with E-state index in [1.54, 1.807) is 44.6 Å².